The minimum absolute atomic E-state index is 0.226. The summed E-state index contributed by atoms with van der Waals surface area (Å²) >= 11 is 0. The molecule has 3 aliphatic rings. The molecule has 0 unspecified atom stereocenters. The van der Waals surface area contributed by atoms with Crippen molar-refractivity contribution in [2.24, 2.45) is 0 Å². The van der Waals surface area contributed by atoms with E-state index in [4.69, 9.17) is 0 Å². The Morgan fingerprint density at radius 3 is 2.26 bits per heavy atom. The van der Waals surface area contributed by atoms with Crippen molar-refractivity contribution < 1.29 is 13.2 Å². The Balaban J connectivity index is 1.32. The second-order valence-corrected chi connectivity index (χ2v) is 12.7. The maximum atomic E-state index is 13.3. The average molecular weight is 543 g/mol. The molecule has 2 heterocycles. The number of carbonyl (C=O) groups is 1. The van der Waals surface area contributed by atoms with Crippen LogP contribution in [0.2, 0.25) is 0 Å². The Kier molecular flexibility index (Phi) is 7.14. The molecule has 202 valence electrons. The first-order chi connectivity index (χ1) is 19.0. The summed E-state index contributed by atoms with van der Waals surface area (Å²) in [5.74, 6) is -0.226. The van der Waals surface area contributed by atoms with E-state index in [2.05, 4.69) is 44.5 Å². The van der Waals surface area contributed by atoms with Crippen LogP contribution in [0, 0.1) is 0 Å². The van der Waals surface area contributed by atoms with Crippen molar-refractivity contribution in [1.29, 1.82) is 0 Å². The Morgan fingerprint density at radius 1 is 0.872 bits per heavy atom. The third-order valence-electron chi connectivity index (χ3n) is 7.63. The number of likely N-dealkylation sites (tertiary alicyclic amines) is 1. The maximum Gasteiger partial charge on any atom is 0.258 e. The van der Waals surface area contributed by atoms with Gasteiger partial charge in [-0.15, -0.1) is 0 Å². The molecule has 3 aromatic rings. The molecule has 1 amide bonds. The Morgan fingerprint density at radius 2 is 1.56 bits per heavy atom. The van der Waals surface area contributed by atoms with Crippen LogP contribution in [0.4, 0.5) is 17.1 Å². The highest BCUT2D eigenvalue weighted by molar-refractivity contribution is 7.93. The molecule has 7 nitrogen and oxygen atoms in total. The van der Waals surface area contributed by atoms with Crippen LogP contribution < -0.4 is 15.4 Å². The Labute approximate surface area is 230 Å². The fourth-order valence-electron chi connectivity index (χ4n) is 5.38. The topological polar surface area (TPSA) is 90.5 Å². The molecule has 2 fully saturated rings. The van der Waals surface area contributed by atoms with E-state index in [9.17, 15) is 13.2 Å². The van der Waals surface area contributed by atoms with Crippen molar-refractivity contribution in [2.75, 3.05) is 28.4 Å². The third kappa shape index (κ3) is 5.87. The van der Waals surface area contributed by atoms with E-state index in [0.717, 1.165) is 30.9 Å². The molecule has 0 aromatic heterocycles. The lowest BCUT2D eigenvalue weighted by molar-refractivity contribution is -0.110. The predicted octanol–water partition coefficient (Wildman–Crippen LogP) is 5.90. The maximum absolute atomic E-state index is 13.3. The van der Waals surface area contributed by atoms with E-state index in [-0.39, 0.29) is 11.2 Å². The molecule has 1 saturated carbocycles. The van der Waals surface area contributed by atoms with E-state index >= 15 is 0 Å². The molecule has 3 N–H and O–H groups in total. The van der Waals surface area contributed by atoms with E-state index < -0.39 is 10.0 Å². The Bertz CT molecular complexity index is 1490. The summed E-state index contributed by atoms with van der Waals surface area (Å²) in [6.45, 7) is 3.25. The SMILES string of the molecule is O=C1Nc2ccc(NS(=O)(=O)C3CC3)cc2/C1=C(/Nc1ccc(CN2CCCCCC2)cc1)c1ccccc1. The minimum atomic E-state index is -3.42. The van der Waals surface area contributed by atoms with Crippen LogP contribution in [-0.4, -0.2) is 37.6 Å². The van der Waals surface area contributed by atoms with Crippen LogP contribution in [0.1, 0.15) is 55.2 Å². The van der Waals surface area contributed by atoms with Gasteiger partial charge in [-0.2, -0.15) is 0 Å². The number of benzene rings is 3. The lowest BCUT2D eigenvalue weighted by Gasteiger charge is -2.20. The summed E-state index contributed by atoms with van der Waals surface area (Å²) in [5, 5.41) is 6.13. The summed E-state index contributed by atoms with van der Waals surface area (Å²) in [4.78, 5) is 15.8. The van der Waals surface area contributed by atoms with Gasteiger partial charge in [-0.3, -0.25) is 14.4 Å². The first-order valence-corrected chi connectivity index (χ1v) is 15.4. The van der Waals surface area contributed by atoms with Crippen molar-refractivity contribution in [1.82, 2.24) is 4.90 Å². The van der Waals surface area contributed by atoms with Gasteiger partial charge in [-0.25, -0.2) is 8.42 Å². The van der Waals surface area contributed by atoms with Crippen LogP contribution in [0.25, 0.3) is 11.3 Å². The highest BCUT2D eigenvalue weighted by atomic mass is 32.2. The molecule has 0 atom stereocenters. The zero-order chi connectivity index (χ0) is 26.8. The molecule has 2 aliphatic heterocycles. The van der Waals surface area contributed by atoms with Crippen LogP contribution in [0.5, 0.6) is 0 Å². The van der Waals surface area contributed by atoms with Gasteiger partial charge in [-0.05, 0) is 80.2 Å². The molecule has 1 aliphatic carbocycles. The lowest BCUT2D eigenvalue weighted by atomic mass is 9.99. The number of hydrogen-bond donors (Lipinski definition) is 3. The third-order valence-corrected chi connectivity index (χ3v) is 9.50. The number of amides is 1. The Hall–Kier alpha value is -3.62. The second kappa shape index (κ2) is 10.9. The zero-order valence-corrected chi connectivity index (χ0v) is 22.8. The van der Waals surface area contributed by atoms with Crippen LogP contribution >= 0.6 is 0 Å². The predicted molar refractivity (Wildman–Crippen MR) is 158 cm³/mol. The highest BCUT2D eigenvalue weighted by Gasteiger charge is 2.36. The van der Waals surface area contributed by atoms with Crippen LogP contribution in [-0.2, 0) is 21.4 Å². The van der Waals surface area contributed by atoms with E-state index in [1.165, 1.54) is 31.2 Å². The van der Waals surface area contributed by atoms with Gasteiger partial charge in [0.05, 0.1) is 16.5 Å². The van der Waals surface area contributed by atoms with Gasteiger partial charge in [0.1, 0.15) is 0 Å². The summed E-state index contributed by atoms with van der Waals surface area (Å²) in [6.07, 6.45) is 6.54. The number of nitrogens with one attached hydrogen (secondary N) is 3. The van der Waals surface area contributed by atoms with Gasteiger partial charge in [-0.1, -0.05) is 55.3 Å². The number of rotatable bonds is 8. The van der Waals surface area contributed by atoms with Crippen molar-refractivity contribution in [3.8, 4) is 0 Å². The van der Waals surface area contributed by atoms with Crippen molar-refractivity contribution in [3.05, 3.63) is 89.5 Å². The molecule has 6 rings (SSSR count). The molecule has 0 radical (unpaired) electrons. The van der Waals surface area contributed by atoms with Crippen molar-refractivity contribution >= 4 is 44.3 Å². The van der Waals surface area contributed by atoms with Crippen molar-refractivity contribution in [2.45, 2.75) is 50.3 Å². The van der Waals surface area contributed by atoms with E-state index in [1.54, 1.807) is 18.2 Å². The summed E-state index contributed by atoms with van der Waals surface area (Å²) in [7, 11) is -3.42. The quantitative estimate of drug-likeness (QED) is 0.309. The summed E-state index contributed by atoms with van der Waals surface area (Å²) in [5.41, 5.74) is 5.97. The standard InChI is InChI=1S/C31H34N4O3S/c36-31-29(27-20-25(14-17-28(27)33-31)34-39(37,38)26-15-16-26)30(23-8-4-3-5-9-23)32-24-12-10-22(11-13-24)21-35-18-6-1-2-7-19-35/h3-5,8-14,17,20,26,32,34H,1-2,6-7,15-16,18-19,21H2,(H,33,36)/b30-29-. The fraction of sp³-hybridized carbons (Fsp3) is 0.323. The number of fused-ring (bicyclic) bond motifs is 1. The smallest absolute Gasteiger partial charge is 0.258 e. The molecular formula is C31H34N4O3S. The largest absolute Gasteiger partial charge is 0.354 e. The number of anilines is 3. The van der Waals surface area contributed by atoms with Gasteiger partial charge < -0.3 is 10.6 Å². The highest BCUT2D eigenvalue weighted by Crippen LogP contribution is 2.40. The number of carbonyl (C=O) groups excluding carboxylic acids is 1. The first-order valence-electron chi connectivity index (χ1n) is 13.8. The van der Waals surface area contributed by atoms with Gasteiger partial charge in [0.15, 0.2) is 0 Å². The fourth-order valence-corrected chi connectivity index (χ4v) is 6.76. The molecule has 1 saturated heterocycles. The van der Waals surface area contributed by atoms with Crippen LogP contribution in [0.3, 0.4) is 0 Å². The number of sulfonamides is 1. The van der Waals surface area contributed by atoms with Gasteiger partial charge in [0, 0.05) is 29.2 Å². The first kappa shape index (κ1) is 25.6. The molecule has 8 heteroatoms. The summed E-state index contributed by atoms with van der Waals surface area (Å²) in [6, 6.07) is 23.4. The lowest BCUT2D eigenvalue weighted by Crippen LogP contribution is -2.23. The average Bonchev–Trinajstić information content (AvgIpc) is 3.77. The van der Waals surface area contributed by atoms with E-state index in [1.807, 2.05) is 30.3 Å². The van der Waals surface area contributed by atoms with Crippen LogP contribution in [0.15, 0.2) is 72.8 Å². The van der Waals surface area contributed by atoms with Gasteiger partial charge in [0.2, 0.25) is 10.0 Å². The molecule has 39 heavy (non-hydrogen) atoms. The number of nitrogens with zero attached hydrogens (tertiary/aromatic N) is 1. The zero-order valence-electron chi connectivity index (χ0n) is 21.9. The minimum Gasteiger partial charge on any atom is -0.354 e. The molecule has 0 bridgehead atoms. The second-order valence-electron chi connectivity index (χ2n) is 10.7. The molecular weight excluding hydrogens is 508 g/mol. The van der Waals surface area contributed by atoms with Gasteiger partial charge in [0.25, 0.3) is 5.91 Å². The molecule has 3 aromatic carbocycles. The normalized spacial score (nSPS) is 19.1. The van der Waals surface area contributed by atoms with Gasteiger partial charge >= 0.3 is 0 Å². The number of hydrogen-bond acceptors (Lipinski definition) is 5. The molecule has 0 spiro atoms. The summed E-state index contributed by atoms with van der Waals surface area (Å²) < 4.78 is 27.8. The monoisotopic (exact) mass is 542 g/mol. The van der Waals surface area contributed by atoms with E-state index in [0.29, 0.717) is 41.1 Å². The van der Waals surface area contributed by atoms with Crippen molar-refractivity contribution in [3.63, 3.8) is 0 Å².